The van der Waals surface area contributed by atoms with Gasteiger partial charge in [0, 0.05) is 32.1 Å². The number of thioether (sulfide) groups is 1. The number of fused-ring (bicyclic) bond motifs is 1. The number of carbonyl (C=O) groups excluding carboxylic acids is 2. The maximum atomic E-state index is 12.9. The molecule has 0 aliphatic carbocycles. The van der Waals surface area contributed by atoms with E-state index in [-0.39, 0.29) is 11.7 Å². The second kappa shape index (κ2) is 11.1. The molecule has 3 N–H and O–H groups in total. The number of aromatic nitrogens is 1. The van der Waals surface area contributed by atoms with E-state index in [9.17, 15) is 9.59 Å². The Morgan fingerprint density at radius 3 is 2.76 bits per heavy atom. The molecule has 38 heavy (non-hydrogen) atoms. The lowest BCUT2D eigenvalue weighted by molar-refractivity contribution is 0.0231. The van der Waals surface area contributed by atoms with Gasteiger partial charge in [0.05, 0.1) is 28.9 Å². The van der Waals surface area contributed by atoms with Crippen molar-refractivity contribution in [3.63, 3.8) is 0 Å². The molecule has 3 heterocycles. The molecule has 0 atom stereocenters. The lowest BCUT2D eigenvalue weighted by Crippen LogP contribution is -2.51. The van der Waals surface area contributed by atoms with Crippen LogP contribution in [0.4, 0.5) is 17.2 Å². The van der Waals surface area contributed by atoms with Crippen molar-refractivity contribution >= 4 is 40.6 Å². The smallest absolute Gasteiger partial charge is 0.257 e. The molecule has 5 rings (SSSR count). The fourth-order valence-electron chi connectivity index (χ4n) is 4.90. The van der Waals surface area contributed by atoms with Gasteiger partial charge in [0.2, 0.25) is 0 Å². The fourth-order valence-corrected chi connectivity index (χ4v) is 5.22. The Kier molecular flexibility index (Phi) is 7.51. The van der Waals surface area contributed by atoms with Gasteiger partial charge in [-0.25, -0.2) is 4.98 Å². The van der Waals surface area contributed by atoms with Crippen molar-refractivity contribution in [1.29, 1.82) is 0 Å². The van der Waals surface area contributed by atoms with E-state index in [4.69, 9.17) is 10.5 Å². The van der Waals surface area contributed by atoms with Gasteiger partial charge < -0.3 is 20.7 Å². The Labute approximate surface area is 226 Å². The number of amides is 1. The zero-order chi connectivity index (χ0) is 26.5. The molecule has 1 aromatic heterocycles. The molecule has 194 valence electrons. The lowest BCUT2D eigenvalue weighted by atomic mass is 9.82. The number of rotatable bonds is 7. The number of nitrogens with zero attached hydrogens (tertiary/aromatic N) is 2. The molecule has 2 aliphatic heterocycles. The third-order valence-corrected chi connectivity index (χ3v) is 7.54. The largest absolute Gasteiger partial charge is 0.486 e. The molecule has 0 unspecified atom stereocenters. The topological polar surface area (TPSA) is 97.6 Å². The van der Waals surface area contributed by atoms with Gasteiger partial charge in [-0.2, -0.15) is 0 Å². The van der Waals surface area contributed by atoms with Gasteiger partial charge in [-0.3, -0.25) is 9.59 Å². The second-order valence-electron chi connectivity index (χ2n) is 9.53. The molecule has 8 heteroatoms. The standard InChI is InChI=1S/C30H30N4O3S/c1-2-38-17-5-6-21-9-11-24(31)25(18-21)33-29(36)22-10-12-28(32-20-22)34-15-13-30(14-16-34)19-26(35)23-7-3-4-8-27(23)37-30/h2-5,7-12,17-18,20H,1,6,13-16,19,31H2,(H,33,36)/b17-5-. The first-order valence-electron chi connectivity index (χ1n) is 12.6. The summed E-state index contributed by atoms with van der Waals surface area (Å²) >= 11 is 1.52. The van der Waals surface area contributed by atoms with Crippen LogP contribution in [0.3, 0.4) is 0 Å². The maximum absolute atomic E-state index is 12.9. The monoisotopic (exact) mass is 526 g/mol. The van der Waals surface area contributed by atoms with E-state index in [0.717, 1.165) is 43.7 Å². The summed E-state index contributed by atoms with van der Waals surface area (Å²) in [7, 11) is 0. The zero-order valence-electron chi connectivity index (χ0n) is 21.1. The van der Waals surface area contributed by atoms with Gasteiger partial charge in [0.1, 0.15) is 17.2 Å². The Balaban J connectivity index is 1.20. The van der Waals surface area contributed by atoms with Crippen molar-refractivity contribution in [3.05, 3.63) is 101 Å². The number of pyridine rings is 1. The Morgan fingerprint density at radius 1 is 1.18 bits per heavy atom. The van der Waals surface area contributed by atoms with Crippen LogP contribution in [0.15, 0.2) is 84.3 Å². The van der Waals surface area contributed by atoms with E-state index in [1.165, 1.54) is 11.8 Å². The molecular weight excluding hydrogens is 496 g/mol. The van der Waals surface area contributed by atoms with Crippen molar-refractivity contribution in [3.8, 4) is 5.75 Å². The minimum absolute atomic E-state index is 0.142. The predicted octanol–water partition coefficient (Wildman–Crippen LogP) is 5.85. The molecule has 1 amide bonds. The summed E-state index contributed by atoms with van der Waals surface area (Å²) in [6.45, 7) is 5.11. The number of ketones is 1. The van der Waals surface area contributed by atoms with Crippen LogP contribution in [-0.4, -0.2) is 35.4 Å². The van der Waals surface area contributed by atoms with Crippen molar-refractivity contribution in [2.75, 3.05) is 29.0 Å². The van der Waals surface area contributed by atoms with Gasteiger partial charge in [-0.15, -0.1) is 11.8 Å². The first kappa shape index (κ1) is 25.6. The number of para-hydroxylation sites is 1. The molecule has 7 nitrogen and oxygen atoms in total. The summed E-state index contributed by atoms with van der Waals surface area (Å²) in [6, 6.07) is 16.7. The predicted molar refractivity (Wildman–Crippen MR) is 154 cm³/mol. The molecule has 1 spiro atoms. The number of ether oxygens (including phenoxy) is 1. The summed E-state index contributed by atoms with van der Waals surface area (Å²) in [5.74, 6) is 1.35. The first-order valence-corrected chi connectivity index (χ1v) is 13.5. The summed E-state index contributed by atoms with van der Waals surface area (Å²) in [5, 5.41) is 6.64. The number of benzene rings is 2. The molecule has 3 aromatic rings. The Hall–Kier alpha value is -4.04. The average molecular weight is 527 g/mol. The van der Waals surface area contributed by atoms with E-state index in [1.807, 2.05) is 53.9 Å². The summed E-state index contributed by atoms with van der Waals surface area (Å²) < 4.78 is 6.33. The van der Waals surface area contributed by atoms with Crippen LogP contribution in [0.25, 0.3) is 0 Å². The number of nitrogens with one attached hydrogen (secondary N) is 1. The van der Waals surface area contributed by atoms with Crippen LogP contribution >= 0.6 is 11.8 Å². The second-order valence-corrected chi connectivity index (χ2v) is 10.4. The van der Waals surface area contributed by atoms with Crippen LogP contribution < -0.4 is 20.7 Å². The van der Waals surface area contributed by atoms with Gasteiger partial charge in [-0.1, -0.05) is 30.9 Å². The van der Waals surface area contributed by atoms with E-state index in [0.29, 0.717) is 34.7 Å². The highest BCUT2D eigenvalue weighted by atomic mass is 32.2. The molecule has 0 saturated carbocycles. The van der Waals surface area contributed by atoms with Crippen molar-refractivity contribution < 1.29 is 14.3 Å². The highest BCUT2D eigenvalue weighted by molar-refractivity contribution is 8.04. The number of nitrogen functional groups attached to an aromatic ring is 1. The normalized spacial score (nSPS) is 16.2. The van der Waals surface area contributed by atoms with Crippen LogP contribution in [0, 0.1) is 0 Å². The van der Waals surface area contributed by atoms with Crippen molar-refractivity contribution in [2.24, 2.45) is 0 Å². The van der Waals surface area contributed by atoms with Crippen molar-refractivity contribution in [1.82, 2.24) is 4.98 Å². The number of piperidine rings is 1. The molecule has 0 radical (unpaired) electrons. The van der Waals surface area contributed by atoms with Crippen molar-refractivity contribution in [2.45, 2.75) is 31.3 Å². The molecule has 1 saturated heterocycles. The number of nitrogens with two attached hydrogens (primary N) is 1. The molecule has 2 aromatic carbocycles. The number of Topliss-reactive ketones (excluding diaryl/α,β-unsaturated/α-hetero) is 1. The molecular formula is C30H30N4O3S. The summed E-state index contributed by atoms with van der Waals surface area (Å²) in [5.41, 5.74) is 8.88. The van der Waals surface area contributed by atoms with Crippen LogP contribution in [0.2, 0.25) is 0 Å². The van der Waals surface area contributed by atoms with Gasteiger partial charge in [0.15, 0.2) is 5.78 Å². The Morgan fingerprint density at radius 2 is 2.00 bits per heavy atom. The minimum atomic E-state index is -0.462. The van der Waals surface area contributed by atoms with Gasteiger partial charge in [-0.05, 0) is 59.2 Å². The number of carbonyl (C=O) groups is 2. The minimum Gasteiger partial charge on any atom is -0.486 e. The third kappa shape index (κ3) is 5.60. The van der Waals surface area contributed by atoms with Crippen LogP contribution in [-0.2, 0) is 6.42 Å². The van der Waals surface area contributed by atoms with E-state index < -0.39 is 5.60 Å². The van der Waals surface area contributed by atoms with Gasteiger partial charge in [0.25, 0.3) is 5.91 Å². The van der Waals surface area contributed by atoms with E-state index in [1.54, 1.807) is 23.7 Å². The number of anilines is 3. The molecule has 1 fully saturated rings. The zero-order valence-corrected chi connectivity index (χ0v) is 21.9. The quantitative estimate of drug-likeness (QED) is 0.373. The van der Waals surface area contributed by atoms with E-state index >= 15 is 0 Å². The molecule has 0 bridgehead atoms. The molecule has 2 aliphatic rings. The summed E-state index contributed by atoms with van der Waals surface area (Å²) in [6.07, 6.45) is 6.21. The first-order chi connectivity index (χ1) is 18.5. The lowest BCUT2D eigenvalue weighted by Gasteiger charge is -2.44. The Bertz CT molecular complexity index is 1380. The summed E-state index contributed by atoms with van der Waals surface area (Å²) in [4.78, 5) is 32.3. The highest BCUT2D eigenvalue weighted by Crippen LogP contribution is 2.39. The number of hydrogen-bond donors (Lipinski definition) is 2. The third-order valence-electron chi connectivity index (χ3n) is 7.00. The maximum Gasteiger partial charge on any atom is 0.257 e. The van der Waals surface area contributed by atoms with Gasteiger partial charge >= 0.3 is 0 Å². The van der Waals surface area contributed by atoms with E-state index in [2.05, 4.69) is 21.8 Å². The average Bonchev–Trinajstić information content (AvgIpc) is 2.93. The highest BCUT2D eigenvalue weighted by Gasteiger charge is 2.43. The van der Waals surface area contributed by atoms with Crippen LogP contribution in [0.5, 0.6) is 5.75 Å². The fraction of sp³-hybridized carbons (Fsp3) is 0.233. The number of hydrogen-bond acceptors (Lipinski definition) is 7. The SMILES string of the molecule is C=CS/C=C\Cc1ccc(N)c(NC(=O)c2ccc(N3CCC4(CC3)CC(=O)c3ccccc3O4)nc2)c1. The number of allylic oxidation sites excluding steroid dienone is 1. The van der Waals surface area contributed by atoms with Crippen LogP contribution in [0.1, 0.15) is 45.5 Å².